The quantitative estimate of drug-likeness (QED) is 0.524. The molecule has 7 nitrogen and oxygen atoms in total. The van der Waals surface area contributed by atoms with Crippen LogP contribution in [0.15, 0.2) is 36.9 Å². The van der Waals surface area contributed by atoms with Crippen LogP contribution in [-0.4, -0.2) is 53.6 Å². The Morgan fingerprint density at radius 2 is 2.08 bits per heavy atom. The Labute approximate surface area is 217 Å². The maximum Gasteiger partial charge on any atom is 0.257 e. The molecule has 0 spiro atoms. The molecule has 2 aromatic rings. The molecule has 6 atom stereocenters. The summed E-state index contributed by atoms with van der Waals surface area (Å²) in [5.74, 6) is 0.183. The fraction of sp³-hybridized carbons (Fsp3) is 0.536. The van der Waals surface area contributed by atoms with Crippen LogP contribution < -0.4 is 10.1 Å². The van der Waals surface area contributed by atoms with Crippen molar-refractivity contribution in [1.29, 1.82) is 0 Å². The van der Waals surface area contributed by atoms with Crippen molar-refractivity contribution >= 4 is 28.3 Å². The van der Waals surface area contributed by atoms with Crippen LogP contribution >= 0.6 is 11.3 Å². The van der Waals surface area contributed by atoms with Gasteiger partial charge in [-0.05, 0) is 60.8 Å². The van der Waals surface area contributed by atoms with Crippen molar-refractivity contribution in [3.8, 4) is 5.75 Å². The number of carbonyl (C=O) groups excluding carboxylic acids is 2. The molecule has 0 bridgehead atoms. The molecule has 0 aliphatic heterocycles. The molecular weight excluding hydrogens is 474 g/mol. The minimum Gasteiger partial charge on any atom is -0.497 e. The minimum atomic E-state index is -0.595. The van der Waals surface area contributed by atoms with E-state index in [0.717, 1.165) is 25.0 Å². The van der Waals surface area contributed by atoms with E-state index >= 15 is 0 Å². The lowest BCUT2D eigenvalue weighted by Gasteiger charge is -2.53. The van der Waals surface area contributed by atoms with Crippen molar-refractivity contribution in [1.82, 2.24) is 9.88 Å². The van der Waals surface area contributed by atoms with Gasteiger partial charge in [-0.3, -0.25) is 14.9 Å². The van der Waals surface area contributed by atoms with Crippen LogP contribution in [0, 0.1) is 23.2 Å². The molecular formula is C28H37N3O4S. The first kappa shape index (κ1) is 26.4. The van der Waals surface area contributed by atoms with E-state index in [1.807, 2.05) is 6.92 Å². The average molecular weight is 512 g/mol. The van der Waals surface area contributed by atoms with Crippen molar-refractivity contribution in [2.45, 2.75) is 52.1 Å². The first-order valence-corrected chi connectivity index (χ1v) is 13.4. The van der Waals surface area contributed by atoms with Crippen molar-refractivity contribution < 1.29 is 19.4 Å². The Morgan fingerprint density at radius 3 is 2.72 bits per heavy atom. The number of aliphatic hydroxyl groups is 1. The summed E-state index contributed by atoms with van der Waals surface area (Å²) in [7, 11) is 3.37. The Morgan fingerprint density at radius 1 is 1.39 bits per heavy atom. The zero-order valence-corrected chi connectivity index (χ0v) is 22.6. The number of fused-ring (bicyclic) bond motifs is 2. The van der Waals surface area contributed by atoms with E-state index in [0.29, 0.717) is 23.0 Å². The van der Waals surface area contributed by atoms with Gasteiger partial charge < -0.3 is 14.7 Å². The van der Waals surface area contributed by atoms with Gasteiger partial charge in [-0.25, -0.2) is 4.98 Å². The minimum absolute atomic E-state index is 0.00375. The summed E-state index contributed by atoms with van der Waals surface area (Å²) in [4.78, 5) is 33.4. The molecule has 8 heteroatoms. The molecule has 1 saturated carbocycles. The van der Waals surface area contributed by atoms with Crippen LogP contribution in [0.4, 0.5) is 5.13 Å². The monoisotopic (exact) mass is 511 g/mol. The maximum atomic E-state index is 13.0. The number of hydrogen-bond donors (Lipinski definition) is 2. The number of benzene rings is 1. The SMILES string of the molecule is C=CCN(C)C(=O)[C@@H](C)[C@H]1CC[C@@]2(C)Cc3sc(NC(=O)c4ccc(OC)cc4)nc3[C@@H](C)[C@@H]2[C@H]1O. The zero-order chi connectivity index (χ0) is 26.2. The predicted molar refractivity (Wildman–Crippen MR) is 143 cm³/mol. The molecule has 2 amide bonds. The second-order valence-electron chi connectivity index (χ2n) is 10.6. The third-order valence-corrected chi connectivity index (χ3v) is 9.29. The molecule has 0 radical (unpaired) electrons. The van der Waals surface area contributed by atoms with Gasteiger partial charge in [0.1, 0.15) is 5.75 Å². The van der Waals surface area contributed by atoms with Crippen LogP contribution in [0.25, 0.3) is 0 Å². The van der Waals surface area contributed by atoms with Crippen LogP contribution in [-0.2, 0) is 11.2 Å². The summed E-state index contributed by atoms with van der Waals surface area (Å²) >= 11 is 1.53. The van der Waals surface area contributed by atoms with E-state index in [9.17, 15) is 14.7 Å². The van der Waals surface area contributed by atoms with Crippen molar-refractivity contribution in [3.63, 3.8) is 0 Å². The number of methoxy groups -OCH3 is 1. The summed E-state index contributed by atoms with van der Waals surface area (Å²) in [6.07, 6.45) is 3.69. The maximum absolute atomic E-state index is 13.0. The molecule has 194 valence electrons. The summed E-state index contributed by atoms with van der Waals surface area (Å²) in [5.41, 5.74) is 1.41. The number of likely N-dealkylation sites (N-methyl/N-ethyl adjacent to an activating group) is 1. The average Bonchev–Trinajstić information content (AvgIpc) is 3.25. The topological polar surface area (TPSA) is 91.8 Å². The number of rotatable bonds is 7. The van der Waals surface area contributed by atoms with Crippen LogP contribution in [0.5, 0.6) is 5.75 Å². The van der Waals surface area contributed by atoms with Crippen molar-refractivity contribution in [3.05, 3.63) is 53.1 Å². The predicted octanol–water partition coefficient (Wildman–Crippen LogP) is 4.74. The molecule has 1 fully saturated rings. The largest absolute Gasteiger partial charge is 0.497 e. The van der Waals surface area contributed by atoms with Gasteiger partial charge in [0.05, 0.1) is 18.9 Å². The number of aliphatic hydroxyl groups excluding tert-OH is 1. The normalized spacial score (nSPS) is 27.8. The number of thiazole rings is 1. The zero-order valence-electron chi connectivity index (χ0n) is 21.8. The van der Waals surface area contributed by atoms with E-state index in [4.69, 9.17) is 9.72 Å². The van der Waals surface area contributed by atoms with E-state index in [1.54, 1.807) is 49.4 Å². The molecule has 4 rings (SSSR count). The molecule has 2 N–H and O–H groups in total. The first-order chi connectivity index (χ1) is 17.1. The summed E-state index contributed by atoms with van der Waals surface area (Å²) < 4.78 is 5.17. The fourth-order valence-corrected chi connectivity index (χ4v) is 7.59. The highest BCUT2D eigenvalue weighted by Crippen LogP contribution is 2.57. The first-order valence-electron chi connectivity index (χ1n) is 12.6. The highest BCUT2D eigenvalue weighted by Gasteiger charge is 2.54. The van der Waals surface area contributed by atoms with E-state index in [2.05, 4.69) is 25.7 Å². The molecule has 36 heavy (non-hydrogen) atoms. The second kappa shape index (κ2) is 10.3. The Kier molecular flexibility index (Phi) is 7.57. The molecule has 0 saturated heterocycles. The van der Waals surface area contributed by atoms with Gasteiger partial charge >= 0.3 is 0 Å². The van der Waals surface area contributed by atoms with Gasteiger partial charge in [0.25, 0.3) is 5.91 Å². The number of nitrogens with one attached hydrogen (secondary N) is 1. The van der Waals surface area contributed by atoms with Gasteiger partial charge in [-0.1, -0.05) is 26.8 Å². The lowest BCUT2D eigenvalue weighted by molar-refractivity contribution is -0.143. The smallest absolute Gasteiger partial charge is 0.257 e. The summed E-state index contributed by atoms with van der Waals surface area (Å²) in [6.45, 7) is 10.5. The highest BCUT2D eigenvalue weighted by molar-refractivity contribution is 7.15. The molecule has 0 unspecified atom stereocenters. The molecule has 1 aromatic heterocycles. The third-order valence-electron chi connectivity index (χ3n) is 8.31. The molecule has 2 aliphatic carbocycles. The highest BCUT2D eigenvalue weighted by atomic mass is 32.1. The number of nitrogens with zero attached hydrogens (tertiary/aromatic N) is 2. The fourth-order valence-electron chi connectivity index (χ4n) is 6.33. The number of amides is 2. The van der Waals surface area contributed by atoms with Gasteiger partial charge in [-0.2, -0.15) is 0 Å². The van der Waals surface area contributed by atoms with Crippen LogP contribution in [0.3, 0.4) is 0 Å². The van der Waals surface area contributed by atoms with E-state index < -0.39 is 6.10 Å². The Balaban J connectivity index is 1.53. The Bertz CT molecular complexity index is 1130. The van der Waals surface area contributed by atoms with Crippen molar-refractivity contribution in [2.75, 3.05) is 26.0 Å². The standard InChI is InChI=1S/C28H37N3O4S/c1-7-14-31(5)26(34)16(2)20-12-13-28(4)15-21-23(17(3)22(28)24(20)32)29-27(36-21)30-25(33)18-8-10-19(35-6)11-9-18/h7-11,16-17,20,22,24,32H,1,12-15H2,2-6H3,(H,29,30,33)/t16-,17-,20+,22+,24-,28-/m0/s1. The summed E-state index contributed by atoms with van der Waals surface area (Å²) in [5, 5.41) is 15.1. The van der Waals surface area contributed by atoms with Crippen LogP contribution in [0.2, 0.25) is 0 Å². The molecule has 1 aromatic carbocycles. The van der Waals surface area contributed by atoms with Gasteiger partial charge in [-0.15, -0.1) is 17.9 Å². The number of ether oxygens (including phenoxy) is 1. The van der Waals surface area contributed by atoms with Gasteiger partial charge in [0.15, 0.2) is 5.13 Å². The van der Waals surface area contributed by atoms with E-state index in [-0.39, 0.29) is 40.9 Å². The number of hydrogen-bond acceptors (Lipinski definition) is 6. The second-order valence-corrected chi connectivity index (χ2v) is 11.7. The third kappa shape index (κ3) is 4.81. The van der Waals surface area contributed by atoms with Gasteiger partial charge in [0, 0.05) is 35.9 Å². The lowest BCUT2D eigenvalue weighted by Crippen LogP contribution is -2.53. The molecule has 1 heterocycles. The number of carbonyl (C=O) groups is 2. The summed E-state index contributed by atoms with van der Waals surface area (Å²) in [6, 6.07) is 6.97. The number of anilines is 1. The molecule has 2 aliphatic rings. The Hall–Kier alpha value is -2.71. The lowest BCUT2D eigenvalue weighted by atomic mass is 9.53. The number of aromatic nitrogens is 1. The van der Waals surface area contributed by atoms with Crippen LogP contribution in [0.1, 0.15) is 60.5 Å². The van der Waals surface area contributed by atoms with E-state index in [1.165, 1.54) is 16.2 Å². The van der Waals surface area contributed by atoms with Gasteiger partial charge in [0.2, 0.25) is 5.91 Å². The van der Waals surface area contributed by atoms with Crippen molar-refractivity contribution in [2.24, 2.45) is 23.2 Å².